The van der Waals surface area contributed by atoms with E-state index in [1.807, 2.05) is 0 Å². The molecule has 88 valence electrons. The zero-order valence-corrected chi connectivity index (χ0v) is 9.78. The average Bonchev–Trinajstić information content (AvgIpc) is 2.26. The number of esters is 1. The van der Waals surface area contributed by atoms with Gasteiger partial charge in [-0.2, -0.15) is 0 Å². The number of fused-ring (bicyclic) bond motifs is 1. The molecular weight excluding hydrogens is 244 g/mol. The van der Waals surface area contributed by atoms with Crippen molar-refractivity contribution in [3.8, 4) is 5.75 Å². The maximum Gasteiger partial charge on any atom is 0.336 e. The molecule has 0 spiro atoms. The summed E-state index contributed by atoms with van der Waals surface area (Å²) in [4.78, 5) is 22.1. The van der Waals surface area contributed by atoms with Gasteiger partial charge < -0.3 is 9.15 Å². The van der Waals surface area contributed by atoms with Crippen molar-refractivity contribution < 1.29 is 13.9 Å². The fraction of sp³-hybridized carbons (Fsp3) is 0.167. The Hall–Kier alpha value is -1.81. The van der Waals surface area contributed by atoms with Crippen molar-refractivity contribution in [3.63, 3.8) is 0 Å². The highest BCUT2D eigenvalue weighted by atomic mass is 35.5. The van der Waals surface area contributed by atoms with Gasteiger partial charge in [0.2, 0.25) is 0 Å². The zero-order chi connectivity index (χ0) is 12.4. The maximum absolute atomic E-state index is 11.3. The van der Waals surface area contributed by atoms with Crippen molar-refractivity contribution in [2.75, 3.05) is 0 Å². The molecule has 0 saturated carbocycles. The molecule has 0 amide bonds. The van der Waals surface area contributed by atoms with Gasteiger partial charge in [0.25, 0.3) is 0 Å². The van der Waals surface area contributed by atoms with Crippen LogP contribution in [0.2, 0.25) is 0 Å². The molecule has 1 heterocycles. The van der Waals surface area contributed by atoms with Crippen molar-refractivity contribution in [2.45, 2.75) is 12.8 Å². The van der Waals surface area contributed by atoms with E-state index in [1.165, 1.54) is 19.1 Å². The summed E-state index contributed by atoms with van der Waals surface area (Å²) >= 11 is 5.74. The second kappa shape index (κ2) is 4.59. The number of alkyl halides is 1. The molecule has 0 bridgehead atoms. The molecule has 2 aromatic rings. The summed E-state index contributed by atoms with van der Waals surface area (Å²) in [5, 5.41) is 0.732. The fourth-order valence-electron chi connectivity index (χ4n) is 1.55. The molecule has 5 heteroatoms. The summed E-state index contributed by atoms with van der Waals surface area (Å²) in [7, 11) is 0. The molecule has 0 atom stereocenters. The van der Waals surface area contributed by atoms with Crippen LogP contribution in [0.1, 0.15) is 12.5 Å². The lowest BCUT2D eigenvalue weighted by atomic mass is 10.1. The quantitative estimate of drug-likeness (QED) is 0.357. The first-order chi connectivity index (χ1) is 8.10. The highest BCUT2D eigenvalue weighted by molar-refractivity contribution is 6.17. The molecule has 0 aliphatic heterocycles. The lowest BCUT2D eigenvalue weighted by Gasteiger charge is -2.04. The Labute approximate surface area is 102 Å². The van der Waals surface area contributed by atoms with Gasteiger partial charge in [0.1, 0.15) is 11.3 Å². The fourth-order valence-corrected chi connectivity index (χ4v) is 1.77. The van der Waals surface area contributed by atoms with E-state index in [0.29, 0.717) is 16.9 Å². The third-order valence-electron chi connectivity index (χ3n) is 2.21. The van der Waals surface area contributed by atoms with Gasteiger partial charge in [-0.1, -0.05) is 0 Å². The molecule has 0 fully saturated rings. The minimum Gasteiger partial charge on any atom is -0.427 e. The zero-order valence-electron chi connectivity index (χ0n) is 9.03. The first-order valence-electron chi connectivity index (χ1n) is 4.91. The second-order valence-electron chi connectivity index (χ2n) is 3.48. The molecule has 2 rings (SSSR count). The van der Waals surface area contributed by atoms with Crippen molar-refractivity contribution in [1.29, 1.82) is 0 Å². The smallest absolute Gasteiger partial charge is 0.336 e. The van der Waals surface area contributed by atoms with Crippen LogP contribution in [-0.2, 0) is 10.7 Å². The highest BCUT2D eigenvalue weighted by Crippen LogP contribution is 2.23. The summed E-state index contributed by atoms with van der Waals surface area (Å²) in [5.74, 6) is 0.120. The van der Waals surface area contributed by atoms with Crippen molar-refractivity contribution in [1.82, 2.24) is 0 Å². The van der Waals surface area contributed by atoms with Crippen LogP contribution in [0.15, 0.2) is 33.5 Å². The van der Waals surface area contributed by atoms with Gasteiger partial charge in [-0.25, -0.2) is 4.79 Å². The van der Waals surface area contributed by atoms with Crippen LogP contribution in [0.3, 0.4) is 0 Å². The van der Waals surface area contributed by atoms with E-state index >= 15 is 0 Å². The Kier molecular flexibility index (Phi) is 3.15. The van der Waals surface area contributed by atoms with E-state index in [2.05, 4.69) is 0 Å². The second-order valence-corrected chi connectivity index (χ2v) is 3.74. The van der Waals surface area contributed by atoms with E-state index in [0.717, 1.165) is 5.39 Å². The lowest BCUT2D eigenvalue weighted by molar-refractivity contribution is -0.131. The summed E-state index contributed by atoms with van der Waals surface area (Å²) in [5.41, 5.74) is 0.562. The van der Waals surface area contributed by atoms with Crippen molar-refractivity contribution in [3.05, 3.63) is 40.2 Å². The first-order valence-corrected chi connectivity index (χ1v) is 5.45. The predicted molar refractivity (Wildman–Crippen MR) is 63.4 cm³/mol. The monoisotopic (exact) mass is 252 g/mol. The molecule has 0 aliphatic carbocycles. The largest absolute Gasteiger partial charge is 0.427 e. The van der Waals surface area contributed by atoms with Crippen molar-refractivity contribution >= 4 is 28.5 Å². The Morgan fingerprint density at radius 3 is 2.82 bits per heavy atom. The molecule has 0 aliphatic rings. The summed E-state index contributed by atoms with van der Waals surface area (Å²) < 4.78 is 9.92. The first kappa shape index (κ1) is 11.7. The number of benzene rings is 1. The summed E-state index contributed by atoms with van der Waals surface area (Å²) in [6, 6.07) is 6.17. The number of rotatable bonds is 2. The Bertz CT molecular complexity index is 630. The molecule has 0 saturated heterocycles. The highest BCUT2D eigenvalue weighted by Gasteiger charge is 2.07. The third-order valence-corrected chi connectivity index (χ3v) is 2.50. The topological polar surface area (TPSA) is 56.5 Å². The van der Waals surface area contributed by atoms with Gasteiger partial charge in [-0.3, -0.25) is 4.79 Å². The molecule has 1 aromatic heterocycles. The minimum absolute atomic E-state index is 0.217. The van der Waals surface area contributed by atoms with Crippen LogP contribution in [0.5, 0.6) is 5.75 Å². The number of halogens is 1. The normalized spacial score (nSPS) is 10.5. The van der Waals surface area contributed by atoms with Crippen LogP contribution in [-0.4, -0.2) is 5.97 Å². The van der Waals surface area contributed by atoms with Gasteiger partial charge in [-0.15, -0.1) is 11.6 Å². The molecule has 4 nitrogen and oxygen atoms in total. The maximum atomic E-state index is 11.3. The van der Waals surface area contributed by atoms with Gasteiger partial charge in [0, 0.05) is 30.3 Å². The SMILES string of the molecule is CC(=O)Oc1ccc2c(CCl)cc(=O)oc2c1. The lowest BCUT2D eigenvalue weighted by Crippen LogP contribution is -2.02. The molecule has 17 heavy (non-hydrogen) atoms. The number of ether oxygens (including phenoxy) is 1. The van der Waals surface area contributed by atoms with Crippen LogP contribution in [0.25, 0.3) is 11.0 Å². The third kappa shape index (κ3) is 2.47. The van der Waals surface area contributed by atoms with Gasteiger partial charge >= 0.3 is 11.6 Å². The van der Waals surface area contributed by atoms with E-state index in [4.69, 9.17) is 20.8 Å². The summed E-state index contributed by atoms with van der Waals surface area (Å²) in [6.45, 7) is 1.30. The van der Waals surface area contributed by atoms with Crippen LogP contribution in [0, 0.1) is 0 Å². The summed E-state index contributed by atoms with van der Waals surface area (Å²) in [6.07, 6.45) is 0. The van der Waals surface area contributed by atoms with Crippen LogP contribution >= 0.6 is 11.6 Å². The Balaban J connectivity index is 2.61. The van der Waals surface area contributed by atoms with Gasteiger partial charge in [0.15, 0.2) is 0 Å². The molecule has 1 aromatic carbocycles. The van der Waals surface area contributed by atoms with Crippen molar-refractivity contribution in [2.24, 2.45) is 0 Å². The van der Waals surface area contributed by atoms with Crippen LogP contribution in [0.4, 0.5) is 0 Å². The number of hydrogen-bond acceptors (Lipinski definition) is 4. The standard InChI is InChI=1S/C12H9ClO4/c1-7(14)16-9-2-3-10-8(6-13)4-12(15)17-11(10)5-9/h2-5H,6H2,1H3. The van der Waals surface area contributed by atoms with E-state index < -0.39 is 11.6 Å². The number of carbonyl (C=O) groups excluding carboxylic acids is 1. The predicted octanol–water partition coefficient (Wildman–Crippen LogP) is 2.46. The van der Waals surface area contributed by atoms with Crippen LogP contribution < -0.4 is 10.4 Å². The van der Waals surface area contributed by atoms with Gasteiger partial charge in [0.05, 0.1) is 0 Å². The van der Waals surface area contributed by atoms with E-state index in [1.54, 1.807) is 12.1 Å². The number of carbonyl (C=O) groups is 1. The molecular formula is C12H9ClO4. The van der Waals surface area contributed by atoms with E-state index in [9.17, 15) is 9.59 Å². The molecule has 0 radical (unpaired) electrons. The van der Waals surface area contributed by atoms with E-state index in [-0.39, 0.29) is 5.88 Å². The minimum atomic E-state index is -0.479. The number of hydrogen-bond donors (Lipinski definition) is 0. The molecule has 0 unspecified atom stereocenters. The van der Waals surface area contributed by atoms with Gasteiger partial charge in [-0.05, 0) is 17.7 Å². The Morgan fingerprint density at radius 1 is 1.41 bits per heavy atom. The Morgan fingerprint density at radius 2 is 2.18 bits per heavy atom. The molecule has 0 N–H and O–H groups in total. The average molecular weight is 253 g/mol.